The van der Waals surface area contributed by atoms with Gasteiger partial charge in [-0.2, -0.15) is 0 Å². The largest absolute Gasteiger partial charge is 0.497 e. The molecule has 0 aliphatic carbocycles. The first-order valence-electron chi connectivity index (χ1n) is 7.45. The van der Waals surface area contributed by atoms with E-state index < -0.39 is 0 Å². The summed E-state index contributed by atoms with van der Waals surface area (Å²) in [6.07, 6.45) is 0.921. The first kappa shape index (κ1) is 21.0. The van der Waals surface area contributed by atoms with E-state index in [-0.39, 0.29) is 36.5 Å². The highest BCUT2D eigenvalue weighted by Crippen LogP contribution is 2.11. The quantitative estimate of drug-likeness (QED) is 0.342. The number of guanidine groups is 1. The van der Waals surface area contributed by atoms with Crippen LogP contribution in [0.3, 0.4) is 0 Å². The lowest BCUT2D eigenvalue weighted by molar-refractivity contribution is 0.241. The average molecular weight is 421 g/mol. The smallest absolute Gasteiger partial charge is 0.191 e. The maximum atomic E-state index is 9.02. The Morgan fingerprint density at radius 1 is 1.27 bits per heavy atom. The molecule has 1 rings (SSSR count). The van der Waals surface area contributed by atoms with Crippen LogP contribution in [0.5, 0.6) is 5.75 Å². The Bertz CT molecular complexity index is 424. The Morgan fingerprint density at radius 2 is 1.95 bits per heavy atom. The van der Waals surface area contributed by atoms with E-state index in [1.165, 1.54) is 5.56 Å². The molecule has 1 unspecified atom stereocenters. The average Bonchev–Trinajstić information content (AvgIpc) is 2.52. The topological polar surface area (TPSA) is 65.9 Å². The maximum absolute atomic E-state index is 9.02. The number of aliphatic hydroxyl groups excluding tert-OH is 1. The molecule has 0 aromatic heterocycles. The van der Waals surface area contributed by atoms with Crippen LogP contribution in [0, 0.1) is 5.92 Å². The second kappa shape index (κ2) is 12.5. The lowest BCUT2D eigenvalue weighted by atomic mass is 10.1. The maximum Gasteiger partial charge on any atom is 0.191 e. The Balaban J connectivity index is 0.00000441. The van der Waals surface area contributed by atoms with Gasteiger partial charge >= 0.3 is 0 Å². The number of ether oxygens (including phenoxy) is 1. The Labute approximate surface area is 150 Å². The molecule has 0 heterocycles. The van der Waals surface area contributed by atoms with Gasteiger partial charge in [-0.15, -0.1) is 24.0 Å². The van der Waals surface area contributed by atoms with Gasteiger partial charge in [-0.1, -0.05) is 19.1 Å². The number of aliphatic imine (C=N–C) groups is 1. The van der Waals surface area contributed by atoms with Crippen molar-refractivity contribution >= 4 is 29.9 Å². The Hall–Kier alpha value is -1.02. The summed E-state index contributed by atoms with van der Waals surface area (Å²) >= 11 is 0. The first-order valence-corrected chi connectivity index (χ1v) is 7.45. The van der Waals surface area contributed by atoms with Crippen LogP contribution in [-0.4, -0.2) is 44.4 Å². The number of halogens is 1. The minimum atomic E-state index is 0. The van der Waals surface area contributed by atoms with Crippen LogP contribution in [0.15, 0.2) is 29.3 Å². The van der Waals surface area contributed by atoms with Crippen molar-refractivity contribution in [2.75, 3.05) is 33.4 Å². The van der Waals surface area contributed by atoms with Crippen LogP contribution in [0.1, 0.15) is 19.4 Å². The fraction of sp³-hybridized carbons (Fsp3) is 0.562. The van der Waals surface area contributed by atoms with Crippen molar-refractivity contribution < 1.29 is 9.84 Å². The zero-order valence-corrected chi connectivity index (χ0v) is 16.0. The van der Waals surface area contributed by atoms with E-state index in [9.17, 15) is 0 Å². The molecule has 6 heteroatoms. The number of nitrogens with zero attached hydrogens (tertiary/aromatic N) is 1. The van der Waals surface area contributed by atoms with Crippen molar-refractivity contribution in [1.82, 2.24) is 10.6 Å². The van der Waals surface area contributed by atoms with Crippen LogP contribution in [-0.2, 0) is 6.42 Å². The normalized spacial score (nSPS) is 12.3. The molecular formula is C16H28IN3O2. The van der Waals surface area contributed by atoms with Gasteiger partial charge in [0.05, 0.1) is 7.11 Å². The molecule has 0 spiro atoms. The lowest BCUT2D eigenvalue weighted by Gasteiger charge is -2.12. The van der Waals surface area contributed by atoms with E-state index in [0.29, 0.717) is 6.54 Å². The molecule has 0 amide bonds. The first-order chi connectivity index (χ1) is 10.2. The summed E-state index contributed by atoms with van der Waals surface area (Å²) in [4.78, 5) is 4.46. The van der Waals surface area contributed by atoms with Crippen molar-refractivity contribution in [2.45, 2.75) is 20.3 Å². The van der Waals surface area contributed by atoms with E-state index >= 15 is 0 Å². The minimum Gasteiger partial charge on any atom is -0.497 e. The highest BCUT2D eigenvalue weighted by Gasteiger charge is 2.01. The van der Waals surface area contributed by atoms with E-state index in [4.69, 9.17) is 9.84 Å². The third-order valence-electron chi connectivity index (χ3n) is 3.08. The molecule has 1 aromatic rings. The molecule has 0 saturated carbocycles. The summed E-state index contributed by atoms with van der Waals surface area (Å²) in [6.45, 7) is 6.43. The molecule has 126 valence electrons. The van der Waals surface area contributed by atoms with E-state index in [1.54, 1.807) is 7.11 Å². The molecule has 0 aliphatic rings. The zero-order chi connectivity index (χ0) is 15.5. The van der Waals surface area contributed by atoms with Crippen LogP contribution >= 0.6 is 24.0 Å². The van der Waals surface area contributed by atoms with E-state index in [1.807, 2.05) is 26.0 Å². The minimum absolute atomic E-state index is 0. The van der Waals surface area contributed by atoms with Gasteiger partial charge in [-0.05, 0) is 37.0 Å². The molecule has 5 nitrogen and oxygen atoms in total. The molecule has 3 N–H and O–H groups in total. The standard InChI is InChI=1S/C16H27N3O2.HI/c1-4-17-16(19-11-13(2)12-20)18-10-9-14-5-7-15(21-3)8-6-14;/h5-8,13,20H,4,9-12H2,1-3H3,(H2,17,18,19);1H. The Morgan fingerprint density at radius 3 is 2.50 bits per heavy atom. The second-order valence-corrected chi connectivity index (χ2v) is 5.03. The fourth-order valence-electron chi connectivity index (χ4n) is 1.76. The highest BCUT2D eigenvalue weighted by molar-refractivity contribution is 14.0. The lowest BCUT2D eigenvalue weighted by Crippen LogP contribution is -2.38. The van der Waals surface area contributed by atoms with Crippen molar-refractivity contribution in [1.29, 1.82) is 0 Å². The van der Waals surface area contributed by atoms with Gasteiger partial charge < -0.3 is 20.5 Å². The Kier molecular flexibility index (Phi) is 11.9. The molecule has 0 radical (unpaired) electrons. The SMILES string of the molecule is CCNC(=NCC(C)CO)NCCc1ccc(OC)cc1.I. The molecule has 0 bridgehead atoms. The molecule has 22 heavy (non-hydrogen) atoms. The van der Waals surface area contributed by atoms with Gasteiger partial charge in [-0.3, -0.25) is 4.99 Å². The van der Waals surface area contributed by atoms with Crippen molar-refractivity contribution in [3.63, 3.8) is 0 Å². The summed E-state index contributed by atoms with van der Waals surface area (Å²) in [5, 5.41) is 15.5. The molecule has 1 atom stereocenters. The van der Waals surface area contributed by atoms with Gasteiger partial charge in [0.15, 0.2) is 5.96 Å². The molecular weight excluding hydrogens is 393 g/mol. The van der Waals surface area contributed by atoms with Crippen LogP contribution < -0.4 is 15.4 Å². The molecule has 1 aromatic carbocycles. The number of hydrogen-bond donors (Lipinski definition) is 3. The predicted octanol–water partition coefficient (Wildman–Crippen LogP) is 2.04. The van der Waals surface area contributed by atoms with Crippen LogP contribution in [0.25, 0.3) is 0 Å². The predicted molar refractivity (Wildman–Crippen MR) is 102 cm³/mol. The monoisotopic (exact) mass is 421 g/mol. The third kappa shape index (κ3) is 8.43. The van der Waals surface area contributed by atoms with Crippen molar-refractivity contribution in [3.8, 4) is 5.75 Å². The molecule has 0 aliphatic heterocycles. The van der Waals surface area contributed by atoms with E-state index in [0.717, 1.165) is 31.2 Å². The van der Waals surface area contributed by atoms with Gasteiger partial charge in [0.25, 0.3) is 0 Å². The summed E-state index contributed by atoms with van der Waals surface area (Å²) in [6, 6.07) is 8.08. The second-order valence-electron chi connectivity index (χ2n) is 5.03. The number of rotatable bonds is 8. The van der Waals surface area contributed by atoms with Crippen LogP contribution in [0.4, 0.5) is 0 Å². The van der Waals surface area contributed by atoms with Gasteiger partial charge in [-0.25, -0.2) is 0 Å². The summed E-state index contributed by atoms with van der Waals surface area (Å²) in [5.41, 5.74) is 1.25. The van der Waals surface area contributed by atoms with Crippen molar-refractivity contribution in [3.05, 3.63) is 29.8 Å². The molecule has 0 saturated heterocycles. The number of aliphatic hydroxyl groups is 1. The number of nitrogens with one attached hydrogen (secondary N) is 2. The zero-order valence-electron chi connectivity index (χ0n) is 13.6. The number of hydrogen-bond acceptors (Lipinski definition) is 3. The summed E-state index contributed by atoms with van der Waals surface area (Å²) in [5.74, 6) is 1.85. The van der Waals surface area contributed by atoms with Crippen LogP contribution in [0.2, 0.25) is 0 Å². The van der Waals surface area contributed by atoms with E-state index in [2.05, 4.69) is 27.8 Å². The fourth-order valence-corrected chi connectivity index (χ4v) is 1.76. The third-order valence-corrected chi connectivity index (χ3v) is 3.08. The molecule has 0 fully saturated rings. The summed E-state index contributed by atoms with van der Waals surface area (Å²) in [7, 11) is 1.67. The van der Waals surface area contributed by atoms with Gasteiger partial charge in [0.1, 0.15) is 5.75 Å². The van der Waals surface area contributed by atoms with Gasteiger partial charge in [0, 0.05) is 26.2 Å². The highest BCUT2D eigenvalue weighted by atomic mass is 127. The summed E-state index contributed by atoms with van der Waals surface area (Å²) < 4.78 is 5.14. The number of methoxy groups -OCH3 is 1. The van der Waals surface area contributed by atoms with Crippen molar-refractivity contribution in [2.24, 2.45) is 10.9 Å². The van der Waals surface area contributed by atoms with Gasteiger partial charge in [0.2, 0.25) is 0 Å². The number of benzene rings is 1.